The topological polar surface area (TPSA) is 79.3 Å². The molecule has 1 heterocycles. The summed E-state index contributed by atoms with van der Waals surface area (Å²) in [4.78, 5) is 14.8. The van der Waals surface area contributed by atoms with Crippen molar-refractivity contribution >= 4 is 5.97 Å². The molecule has 1 rings (SSSR count). The van der Waals surface area contributed by atoms with Crippen molar-refractivity contribution in [3.63, 3.8) is 0 Å². The highest BCUT2D eigenvalue weighted by molar-refractivity contribution is 5.66. The van der Waals surface area contributed by atoms with Crippen molar-refractivity contribution < 1.29 is 24.8 Å². The molecule has 1 aliphatic rings. The lowest BCUT2D eigenvalue weighted by Crippen LogP contribution is -2.06. The van der Waals surface area contributed by atoms with Gasteiger partial charge in [-0.1, -0.05) is 50.5 Å². The van der Waals surface area contributed by atoms with Gasteiger partial charge in [0, 0.05) is 6.42 Å². The smallest absolute Gasteiger partial charge is 0.303 e. The molecule has 3 unspecified atom stereocenters. The number of allylic oxidation sites excluding steroid dienone is 1. The van der Waals surface area contributed by atoms with E-state index >= 15 is 0 Å². The zero-order chi connectivity index (χ0) is 16.9. The van der Waals surface area contributed by atoms with Gasteiger partial charge in [0.05, 0.1) is 6.10 Å². The number of carboxylic acids is 1. The van der Waals surface area contributed by atoms with E-state index in [1.165, 1.54) is 0 Å². The van der Waals surface area contributed by atoms with Crippen molar-refractivity contribution in [2.45, 2.75) is 83.0 Å². The van der Waals surface area contributed by atoms with Crippen LogP contribution < -0.4 is 0 Å². The maximum atomic E-state index is 10.4. The van der Waals surface area contributed by atoms with Crippen molar-refractivity contribution in [2.75, 3.05) is 0 Å². The Balaban J connectivity index is 1.98. The molecule has 0 bridgehead atoms. The first-order valence-electron chi connectivity index (χ1n) is 8.68. The fraction of sp³-hybridized carbons (Fsp3) is 0.722. The molecule has 0 aromatic heterocycles. The number of aliphatic carboxylic acids is 1. The number of hydrogen-bond donors (Lipinski definition) is 2. The maximum Gasteiger partial charge on any atom is 0.303 e. The summed E-state index contributed by atoms with van der Waals surface area (Å²) >= 11 is 0. The number of carbonyl (C=O) groups is 1. The summed E-state index contributed by atoms with van der Waals surface area (Å²) in [6.07, 6.45) is 16.2. The highest BCUT2D eigenvalue weighted by Gasteiger charge is 2.34. The summed E-state index contributed by atoms with van der Waals surface area (Å²) in [7, 11) is 0. The van der Waals surface area contributed by atoms with Gasteiger partial charge in [-0.25, -0.2) is 4.89 Å². The van der Waals surface area contributed by atoms with E-state index in [0.717, 1.165) is 44.9 Å². The molecule has 0 saturated carbocycles. The summed E-state index contributed by atoms with van der Waals surface area (Å²) in [6, 6.07) is 0. The van der Waals surface area contributed by atoms with E-state index in [1.54, 1.807) is 0 Å². The Morgan fingerprint density at radius 2 is 1.96 bits per heavy atom. The van der Waals surface area contributed by atoms with Crippen LogP contribution in [0.1, 0.15) is 64.7 Å². The third-order valence-corrected chi connectivity index (χ3v) is 3.97. The van der Waals surface area contributed by atoms with E-state index in [-0.39, 0.29) is 18.6 Å². The molecule has 0 spiro atoms. The molecule has 1 aliphatic heterocycles. The van der Waals surface area contributed by atoms with Gasteiger partial charge in [0.15, 0.2) is 0 Å². The molecule has 132 valence electrons. The summed E-state index contributed by atoms with van der Waals surface area (Å²) in [5, 5.41) is 17.4. The molecule has 1 fully saturated rings. The third kappa shape index (κ3) is 10.3. The molecular weight excluding hydrogens is 296 g/mol. The minimum Gasteiger partial charge on any atom is -0.481 e. The highest BCUT2D eigenvalue weighted by atomic mass is 17.1. The van der Waals surface area contributed by atoms with Crippen molar-refractivity contribution in [3.05, 3.63) is 24.3 Å². The molecule has 3 atom stereocenters. The standard InChI is InChI=1S/C18H30O5/c1-2-16-17(22-16)14-13-15(23-21)11-9-7-5-3-4-6-8-10-12-18(19)20/h7,9,13-17,21H,2-6,8,10-12H2,1H3,(H,19,20). The van der Waals surface area contributed by atoms with E-state index in [4.69, 9.17) is 15.1 Å². The van der Waals surface area contributed by atoms with Crippen LogP contribution in [0.15, 0.2) is 24.3 Å². The van der Waals surface area contributed by atoms with Gasteiger partial charge in [-0.05, 0) is 32.1 Å². The Morgan fingerprint density at radius 3 is 2.61 bits per heavy atom. The lowest BCUT2D eigenvalue weighted by molar-refractivity contribution is -0.264. The van der Waals surface area contributed by atoms with Crippen LogP contribution in [-0.2, 0) is 14.4 Å². The minimum atomic E-state index is -0.707. The Morgan fingerprint density at radius 1 is 1.22 bits per heavy atom. The van der Waals surface area contributed by atoms with Gasteiger partial charge in [0.1, 0.15) is 12.2 Å². The van der Waals surface area contributed by atoms with Crippen molar-refractivity contribution in [1.29, 1.82) is 0 Å². The number of ether oxygens (including phenoxy) is 1. The number of unbranched alkanes of at least 4 members (excludes halogenated alkanes) is 5. The van der Waals surface area contributed by atoms with Gasteiger partial charge in [0.2, 0.25) is 0 Å². The summed E-state index contributed by atoms with van der Waals surface area (Å²) < 4.78 is 5.40. The molecule has 0 radical (unpaired) electrons. The van der Waals surface area contributed by atoms with Crippen LogP contribution in [0.25, 0.3) is 0 Å². The number of hydrogen-bond acceptors (Lipinski definition) is 4. The van der Waals surface area contributed by atoms with E-state index < -0.39 is 5.97 Å². The Bertz CT molecular complexity index is 378. The number of rotatable bonds is 14. The van der Waals surface area contributed by atoms with Crippen molar-refractivity contribution in [3.8, 4) is 0 Å². The van der Waals surface area contributed by atoms with Crippen molar-refractivity contribution in [1.82, 2.24) is 0 Å². The number of carboxylic acid groups (broad SMARTS) is 1. The first-order chi connectivity index (χ1) is 11.2. The van der Waals surface area contributed by atoms with Crippen LogP contribution in [0.2, 0.25) is 0 Å². The fourth-order valence-corrected chi connectivity index (χ4v) is 2.46. The minimum absolute atomic E-state index is 0.183. The summed E-state index contributed by atoms with van der Waals surface area (Å²) in [6.45, 7) is 2.09. The molecule has 2 N–H and O–H groups in total. The van der Waals surface area contributed by atoms with Gasteiger partial charge >= 0.3 is 5.97 Å². The van der Waals surface area contributed by atoms with E-state index in [9.17, 15) is 4.79 Å². The molecule has 0 aliphatic carbocycles. The van der Waals surface area contributed by atoms with Crippen LogP contribution in [0.3, 0.4) is 0 Å². The fourth-order valence-electron chi connectivity index (χ4n) is 2.46. The lowest BCUT2D eigenvalue weighted by Gasteiger charge is -2.04. The van der Waals surface area contributed by atoms with E-state index in [0.29, 0.717) is 12.5 Å². The molecular formula is C18H30O5. The number of epoxide rings is 1. The molecule has 0 aromatic rings. The second-order valence-corrected chi connectivity index (χ2v) is 5.98. The molecule has 0 aromatic carbocycles. The highest BCUT2D eigenvalue weighted by Crippen LogP contribution is 2.26. The molecule has 23 heavy (non-hydrogen) atoms. The van der Waals surface area contributed by atoms with Crippen LogP contribution in [0.5, 0.6) is 0 Å². The predicted octanol–water partition coefficient (Wildman–Crippen LogP) is 4.34. The normalized spacial score (nSPS) is 22.0. The largest absolute Gasteiger partial charge is 0.481 e. The summed E-state index contributed by atoms with van der Waals surface area (Å²) in [5.74, 6) is -0.707. The molecule has 0 amide bonds. The van der Waals surface area contributed by atoms with Crippen LogP contribution in [0, 0.1) is 0 Å². The van der Waals surface area contributed by atoms with Crippen LogP contribution >= 0.6 is 0 Å². The monoisotopic (exact) mass is 326 g/mol. The third-order valence-electron chi connectivity index (χ3n) is 3.97. The first kappa shape index (κ1) is 19.9. The molecule has 5 nitrogen and oxygen atoms in total. The van der Waals surface area contributed by atoms with Gasteiger partial charge in [-0.2, -0.15) is 0 Å². The van der Waals surface area contributed by atoms with Gasteiger partial charge < -0.3 is 9.84 Å². The van der Waals surface area contributed by atoms with Crippen LogP contribution in [0.4, 0.5) is 0 Å². The lowest BCUT2D eigenvalue weighted by atomic mass is 10.1. The SMILES string of the molecule is CCC1OC1C=CC(CC=CCCCCCCCC(=O)O)OO. The van der Waals surface area contributed by atoms with Crippen molar-refractivity contribution in [2.24, 2.45) is 0 Å². The average molecular weight is 326 g/mol. The van der Waals surface area contributed by atoms with E-state index in [1.807, 2.05) is 18.2 Å². The quantitative estimate of drug-likeness (QED) is 0.163. The summed E-state index contributed by atoms with van der Waals surface area (Å²) in [5.41, 5.74) is 0. The Hall–Kier alpha value is -1.17. The van der Waals surface area contributed by atoms with E-state index in [2.05, 4.69) is 17.9 Å². The first-order valence-corrected chi connectivity index (χ1v) is 8.68. The Labute approximate surface area is 138 Å². The average Bonchev–Trinajstić information content (AvgIpc) is 3.30. The zero-order valence-electron chi connectivity index (χ0n) is 14.0. The van der Waals surface area contributed by atoms with Gasteiger partial charge in [-0.15, -0.1) is 0 Å². The second kappa shape index (κ2) is 12.3. The second-order valence-electron chi connectivity index (χ2n) is 5.98. The van der Waals surface area contributed by atoms with Gasteiger partial charge in [0.25, 0.3) is 0 Å². The predicted molar refractivity (Wildman–Crippen MR) is 89.3 cm³/mol. The van der Waals surface area contributed by atoms with Crippen LogP contribution in [-0.4, -0.2) is 34.6 Å². The zero-order valence-corrected chi connectivity index (χ0v) is 14.0. The maximum absolute atomic E-state index is 10.4. The molecule has 5 heteroatoms. The Kier molecular flexibility index (Phi) is 10.6. The molecule has 1 saturated heterocycles. The van der Waals surface area contributed by atoms with Gasteiger partial charge in [-0.3, -0.25) is 10.1 Å².